The Morgan fingerprint density at radius 2 is 1.73 bits per heavy atom. The number of hydrogen-bond donors (Lipinski definition) is 0. The van der Waals surface area contributed by atoms with E-state index in [-0.39, 0.29) is 23.3 Å². The monoisotopic (exact) mass is 614 g/mol. The lowest BCUT2D eigenvalue weighted by molar-refractivity contribution is -0.118. The van der Waals surface area contributed by atoms with Crippen molar-refractivity contribution in [2.45, 2.75) is 85.2 Å². The summed E-state index contributed by atoms with van der Waals surface area (Å²) in [4.78, 5) is 43.1. The van der Waals surface area contributed by atoms with E-state index in [1.807, 2.05) is 30.8 Å². The summed E-state index contributed by atoms with van der Waals surface area (Å²) < 4.78 is 7.47. The van der Waals surface area contributed by atoms with Crippen molar-refractivity contribution in [3.8, 4) is 11.1 Å². The normalized spacial score (nSPS) is 22.6. The van der Waals surface area contributed by atoms with Crippen molar-refractivity contribution in [3.05, 3.63) is 59.0 Å². The summed E-state index contributed by atoms with van der Waals surface area (Å²) >= 11 is 0. The van der Waals surface area contributed by atoms with Crippen molar-refractivity contribution in [2.75, 3.05) is 44.8 Å². The summed E-state index contributed by atoms with van der Waals surface area (Å²) in [5.74, 6) is 0.671. The Morgan fingerprint density at radius 3 is 2.42 bits per heavy atom. The fourth-order valence-electron chi connectivity index (χ4n) is 7.40. The molecular weight excluding hydrogens is 564 g/mol. The first-order valence-corrected chi connectivity index (χ1v) is 16.7. The number of ketones is 3. The molecule has 1 aromatic heterocycles. The lowest BCUT2D eigenvalue weighted by Crippen LogP contribution is -2.38. The van der Waals surface area contributed by atoms with E-state index in [1.54, 1.807) is 13.0 Å². The Balaban J connectivity index is 1.38. The molecule has 8 heteroatoms. The molecule has 2 fully saturated rings. The largest absolute Gasteiger partial charge is 0.379 e. The Morgan fingerprint density at radius 1 is 1.00 bits per heavy atom. The standard InChI is InChI=1S/C37H50N4O4/c1-25-18-26(2)33(37(44)19-25)10-11-36(43)34-21-30(31-23-38-41(24-31)13-12-40-14-16-45-17-15-40)22-35(28(34)4)39(5)32-8-6-29(7-9-32)20-27(3)42/h18-19,21-24,29,32-33H,6-17,20H2,1-5H3. The highest BCUT2D eigenvalue weighted by Gasteiger charge is 2.28. The van der Waals surface area contributed by atoms with Crippen LogP contribution in [0.3, 0.4) is 0 Å². The van der Waals surface area contributed by atoms with Crippen LogP contribution in [0.4, 0.5) is 5.69 Å². The molecule has 242 valence electrons. The molecule has 0 radical (unpaired) electrons. The molecular formula is C37H50N4O4. The van der Waals surface area contributed by atoms with Crippen molar-refractivity contribution in [1.82, 2.24) is 14.7 Å². The summed E-state index contributed by atoms with van der Waals surface area (Å²) in [6, 6.07) is 4.59. The summed E-state index contributed by atoms with van der Waals surface area (Å²) in [6.45, 7) is 12.8. The molecule has 1 aliphatic heterocycles. The molecule has 1 aromatic carbocycles. The number of carbonyl (C=O) groups is 3. The molecule has 3 aliphatic rings. The third kappa shape index (κ3) is 8.27. The average Bonchev–Trinajstić information content (AvgIpc) is 3.49. The molecule has 1 saturated heterocycles. The lowest BCUT2D eigenvalue weighted by atomic mass is 9.82. The van der Waals surface area contributed by atoms with Crippen LogP contribution in [0.2, 0.25) is 0 Å². The van der Waals surface area contributed by atoms with Gasteiger partial charge in [-0.3, -0.25) is 19.2 Å². The average molecular weight is 615 g/mol. The second-order valence-electron chi connectivity index (χ2n) is 13.5. The first-order chi connectivity index (χ1) is 21.6. The van der Waals surface area contributed by atoms with Crippen LogP contribution < -0.4 is 4.90 Å². The van der Waals surface area contributed by atoms with E-state index in [1.165, 1.54) is 0 Å². The Hall–Kier alpha value is -3.36. The van der Waals surface area contributed by atoms with E-state index in [9.17, 15) is 14.4 Å². The van der Waals surface area contributed by atoms with Gasteiger partial charge >= 0.3 is 0 Å². The van der Waals surface area contributed by atoms with Gasteiger partial charge in [0.25, 0.3) is 0 Å². The highest BCUT2D eigenvalue weighted by Crippen LogP contribution is 2.37. The maximum Gasteiger partial charge on any atom is 0.163 e. The van der Waals surface area contributed by atoms with Gasteiger partial charge < -0.3 is 14.4 Å². The smallest absolute Gasteiger partial charge is 0.163 e. The quantitative estimate of drug-likeness (QED) is 0.263. The molecule has 1 atom stereocenters. The van der Waals surface area contributed by atoms with Gasteiger partial charge in [0.15, 0.2) is 11.6 Å². The molecule has 45 heavy (non-hydrogen) atoms. The van der Waals surface area contributed by atoms with E-state index >= 15 is 0 Å². The van der Waals surface area contributed by atoms with Crippen LogP contribution >= 0.6 is 0 Å². The van der Waals surface area contributed by atoms with Crippen LogP contribution in [0, 0.1) is 18.8 Å². The number of allylic oxidation sites excluding steroid dienone is 4. The molecule has 8 nitrogen and oxygen atoms in total. The van der Waals surface area contributed by atoms with E-state index in [0.717, 1.165) is 104 Å². The van der Waals surface area contributed by atoms with Crippen LogP contribution in [-0.4, -0.2) is 78.0 Å². The number of anilines is 1. The Bertz CT molecular complexity index is 1460. The Kier molecular flexibility index (Phi) is 10.9. The number of ether oxygens (including phenoxy) is 1. The number of Topliss-reactive ketones (excluding diaryl/α,β-unsaturated/α-hetero) is 2. The summed E-state index contributed by atoms with van der Waals surface area (Å²) in [5, 5.41) is 4.67. The van der Waals surface area contributed by atoms with Gasteiger partial charge in [0.1, 0.15) is 5.78 Å². The SMILES string of the molecule is CC(=O)CC1CCC(N(C)c2cc(-c3cnn(CCN4CCOCC4)c3)cc(C(=O)CCC3C(=O)C=C(C)C=C3C)c2C)CC1. The van der Waals surface area contributed by atoms with Gasteiger partial charge in [0, 0.05) is 74.5 Å². The van der Waals surface area contributed by atoms with E-state index < -0.39 is 0 Å². The molecule has 0 bridgehead atoms. The van der Waals surface area contributed by atoms with Crippen molar-refractivity contribution in [1.29, 1.82) is 0 Å². The number of morpholine rings is 1. The maximum atomic E-state index is 13.9. The van der Waals surface area contributed by atoms with E-state index in [4.69, 9.17) is 4.74 Å². The number of benzene rings is 1. The zero-order valence-corrected chi connectivity index (χ0v) is 27.8. The molecule has 5 rings (SSSR count). The van der Waals surface area contributed by atoms with Crippen LogP contribution in [0.5, 0.6) is 0 Å². The minimum absolute atomic E-state index is 0.0701. The predicted octanol–water partition coefficient (Wildman–Crippen LogP) is 6.22. The predicted molar refractivity (Wildman–Crippen MR) is 179 cm³/mol. The van der Waals surface area contributed by atoms with Gasteiger partial charge in [-0.15, -0.1) is 0 Å². The molecule has 0 spiro atoms. The number of carbonyl (C=O) groups excluding carboxylic acids is 3. The molecule has 1 unspecified atom stereocenters. The van der Waals surface area contributed by atoms with E-state index in [0.29, 0.717) is 31.2 Å². The van der Waals surface area contributed by atoms with Crippen molar-refractivity contribution in [3.63, 3.8) is 0 Å². The van der Waals surface area contributed by atoms with Gasteiger partial charge in [-0.1, -0.05) is 11.6 Å². The third-order valence-corrected chi connectivity index (χ3v) is 10.1. The van der Waals surface area contributed by atoms with Crippen LogP contribution in [0.25, 0.3) is 11.1 Å². The minimum atomic E-state index is -0.238. The highest BCUT2D eigenvalue weighted by molar-refractivity contribution is 6.01. The third-order valence-electron chi connectivity index (χ3n) is 10.1. The second-order valence-corrected chi connectivity index (χ2v) is 13.5. The van der Waals surface area contributed by atoms with Gasteiger partial charge in [0.2, 0.25) is 0 Å². The molecule has 2 heterocycles. The van der Waals surface area contributed by atoms with Crippen LogP contribution in [0.15, 0.2) is 47.8 Å². The highest BCUT2D eigenvalue weighted by atomic mass is 16.5. The van der Waals surface area contributed by atoms with Gasteiger partial charge in [0.05, 0.1) is 26.0 Å². The molecule has 0 amide bonds. The molecule has 1 saturated carbocycles. The van der Waals surface area contributed by atoms with Gasteiger partial charge in [-0.2, -0.15) is 5.10 Å². The maximum absolute atomic E-state index is 13.9. The zero-order valence-electron chi connectivity index (χ0n) is 27.8. The van der Waals surface area contributed by atoms with Gasteiger partial charge in [-0.25, -0.2) is 0 Å². The first kappa shape index (κ1) is 33.0. The summed E-state index contributed by atoms with van der Waals surface area (Å²) in [6.07, 6.45) is 13.4. The van der Waals surface area contributed by atoms with Crippen LogP contribution in [0.1, 0.15) is 81.6 Å². The van der Waals surface area contributed by atoms with Crippen molar-refractivity contribution >= 4 is 23.0 Å². The topological polar surface area (TPSA) is 84.7 Å². The van der Waals surface area contributed by atoms with Crippen LogP contribution in [-0.2, 0) is 20.9 Å². The fraction of sp³-hybridized carbons (Fsp3) is 0.568. The second kappa shape index (κ2) is 14.8. The number of nitrogens with zero attached hydrogens (tertiary/aromatic N) is 4. The van der Waals surface area contributed by atoms with Crippen molar-refractivity contribution in [2.24, 2.45) is 11.8 Å². The zero-order chi connectivity index (χ0) is 32.1. The molecule has 0 N–H and O–H groups in total. The van der Waals surface area contributed by atoms with Gasteiger partial charge in [-0.05, 0) is 101 Å². The fourth-order valence-corrected chi connectivity index (χ4v) is 7.40. The summed E-state index contributed by atoms with van der Waals surface area (Å²) in [7, 11) is 2.14. The first-order valence-electron chi connectivity index (χ1n) is 16.7. The number of hydrogen-bond acceptors (Lipinski definition) is 7. The lowest BCUT2D eigenvalue weighted by Gasteiger charge is -2.37. The molecule has 2 aliphatic carbocycles. The Labute approximate surface area is 268 Å². The summed E-state index contributed by atoms with van der Waals surface area (Å²) in [5.41, 5.74) is 6.74. The van der Waals surface area contributed by atoms with E-state index in [2.05, 4.69) is 47.2 Å². The number of rotatable bonds is 12. The number of aromatic nitrogens is 2. The van der Waals surface area contributed by atoms with Crippen molar-refractivity contribution < 1.29 is 19.1 Å². The molecule has 2 aromatic rings. The minimum Gasteiger partial charge on any atom is -0.379 e.